The van der Waals surface area contributed by atoms with Crippen LogP contribution in [0.5, 0.6) is 0 Å². The molecule has 1 saturated heterocycles. The predicted octanol–water partition coefficient (Wildman–Crippen LogP) is 3.83. The monoisotopic (exact) mass is 434 g/mol. The fraction of sp³-hybridized carbons (Fsp3) is 0.292. The Hall–Kier alpha value is -3.68. The number of rotatable bonds is 4. The first-order chi connectivity index (χ1) is 15.5. The number of nitrogens with zero attached hydrogens (tertiary/aromatic N) is 2. The number of H-pyrrole nitrogens is 1. The third-order valence-electron chi connectivity index (χ3n) is 5.96. The van der Waals surface area contributed by atoms with Crippen molar-refractivity contribution in [3.63, 3.8) is 0 Å². The Balaban J connectivity index is 1.44. The number of aromatic amines is 1. The first-order valence-electron chi connectivity index (χ1n) is 10.7. The Bertz CT molecular complexity index is 1210. The van der Waals surface area contributed by atoms with Crippen molar-refractivity contribution < 1.29 is 18.7 Å². The summed E-state index contributed by atoms with van der Waals surface area (Å²) in [5, 5.41) is 10.3. The Morgan fingerprint density at radius 2 is 2.16 bits per heavy atom. The van der Waals surface area contributed by atoms with Crippen LogP contribution < -0.4 is 10.2 Å². The number of fused-ring (bicyclic) bond motifs is 3. The minimum Gasteiger partial charge on any atom is -0.442 e. The molecule has 32 heavy (non-hydrogen) atoms. The molecule has 0 spiro atoms. The molecule has 1 aliphatic heterocycles. The van der Waals surface area contributed by atoms with E-state index >= 15 is 0 Å². The second kappa shape index (κ2) is 8.11. The van der Waals surface area contributed by atoms with E-state index in [1.165, 1.54) is 19.1 Å². The van der Waals surface area contributed by atoms with Gasteiger partial charge in [0.05, 0.1) is 24.5 Å². The summed E-state index contributed by atoms with van der Waals surface area (Å²) in [7, 11) is 0. The number of aromatic nitrogens is 2. The van der Waals surface area contributed by atoms with Gasteiger partial charge in [-0.1, -0.05) is 18.2 Å². The van der Waals surface area contributed by atoms with Crippen molar-refractivity contribution in [2.45, 2.75) is 32.3 Å². The largest absolute Gasteiger partial charge is 0.442 e. The van der Waals surface area contributed by atoms with Crippen molar-refractivity contribution in [2.75, 3.05) is 18.0 Å². The lowest BCUT2D eigenvalue weighted by Gasteiger charge is -2.16. The van der Waals surface area contributed by atoms with E-state index in [9.17, 15) is 14.0 Å². The van der Waals surface area contributed by atoms with E-state index in [-0.39, 0.29) is 17.8 Å². The molecule has 164 valence electrons. The van der Waals surface area contributed by atoms with Crippen LogP contribution in [-0.4, -0.2) is 41.4 Å². The molecule has 7 nitrogen and oxygen atoms in total. The summed E-state index contributed by atoms with van der Waals surface area (Å²) in [5.41, 5.74) is 6.49. The summed E-state index contributed by atoms with van der Waals surface area (Å²) >= 11 is 0. The molecule has 1 atom stereocenters. The van der Waals surface area contributed by atoms with Crippen molar-refractivity contribution >= 4 is 17.7 Å². The number of aryl methyl sites for hydroxylation is 1. The first-order valence-corrected chi connectivity index (χ1v) is 10.7. The quantitative estimate of drug-likeness (QED) is 0.653. The van der Waals surface area contributed by atoms with Crippen LogP contribution in [0.2, 0.25) is 0 Å². The van der Waals surface area contributed by atoms with Crippen LogP contribution >= 0.6 is 0 Å². The highest BCUT2D eigenvalue weighted by Gasteiger charge is 2.33. The van der Waals surface area contributed by atoms with Crippen molar-refractivity contribution in [3.05, 3.63) is 59.4 Å². The summed E-state index contributed by atoms with van der Waals surface area (Å²) in [6, 6.07) is 12.4. The van der Waals surface area contributed by atoms with Crippen LogP contribution in [0.25, 0.3) is 22.5 Å². The van der Waals surface area contributed by atoms with E-state index in [1.807, 2.05) is 24.3 Å². The fourth-order valence-corrected chi connectivity index (χ4v) is 4.46. The normalized spacial score (nSPS) is 17.4. The van der Waals surface area contributed by atoms with Gasteiger partial charge in [-0.15, -0.1) is 0 Å². The highest BCUT2D eigenvalue weighted by atomic mass is 19.1. The number of carbonyl (C=O) groups is 2. The van der Waals surface area contributed by atoms with Gasteiger partial charge in [0.15, 0.2) is 0 Å². The molecular formula is C24H23FN4O3. The van der Waals surface area contributed by atoms with Gasteiger partial charge in [0.25, 0.3) is 0 Å². The summed E-state index contributed by atoms with van der Waals surface area (Å²) in [6.07, 6.45) is 1.81. The number of hydrogen-bond acceptors (Lipinski definition) is 4. The lowest BCUT2D eigenvalue weighted by Crippen LogP contribution is -2.33. The molecule has 0 radical (unpaired) electrons. The molecule has 0 saturated carbocycles. The highest BCUT2D eigenvalue weighted by Crippen LogP contribution is 2.38. The van der Waals surface area contributed by atoms with Gasteiger partial charge in [0, 0.05) is 29.3 Å². The molecule has 2 heterocycles. The third-order valence-corrected chi connectivity index (χ3v) is 5.96. The maximum atomic E-state index is 13.7. The lowest BCUT2D eigenvalue weighted by atomic mass is 9.99. The minimum atomic E-state index is -0.412. The molecule has 2 N–H and O–H groups in total. The van der Waals surface area contributed by atoms with Gasteiger partial charge >= 0.3 is 6.09 Å². The predicted molar refractivity (Wildman–Crippen MR) is 118 cm³/mol. The van der Waals surface area contributed by atoms with E-state index in [4.69, 9.17) is 4.74 Å². The molecule has 2 amide bonds. The molecule has 2 aliphatic rings. The van der Waals surface area contributed by atoms with Gasteiger partial charge in [0.2, 0.25) is 5.91 Å². The standard InChI is InChI=1S/C24H23FN4O3/c1-14(30)26-12-19-13-29(24(31)32-19)18-8-9-20-15(11-18)4-3-7-21-22(27-28-23(20)21)16-5-2-6-17(25)10-16/h2,5-6,8-11,19H,3-4,7,12-13H2,1H3,(H,26,30)(H,27,28). The fourth-order valence-electron chi connectivity index (χ4n) is 4.46. The summed E-state index contributed by atoms with van der Waals surface area (Å²) < 4.78 is 19.1. The van der Waals surface area contributed by atoms with E-state index in [0.717, 1.165) is 58.6 Å². The number of anilines is 1. The molecule has 1 aliphatic carbocycles. The maximum absolute atomic E-state index is 13.7. The van der Waals surface area contributed by atoms with Gasteiger partial charge in [-0.3, -0.25) is 14.8 Å². The summed E-state index contributed by atoms with van der Waals surface area (Å²) in [6.45, 7) is 2.12. The number of amides is 2. The lowest BCUT2D eigenvalue weighted by molar-refractivity contribution is -0.119. The Labute approximate surface area is 184 Å². The van der Waals surface area contributed by atoms with E-state index in [0.29, 0.717) is 13.1 Å². The first kappa shape index (κ1) is 20.2. The van der Waals surface area contributed by atoms with Crippen molar-refractivity contribution in [1.29, 1.82) is 0 Å². The molecule has 1 aromatic heterocycles. The smallest absolute Gasteiger partial charge is 0.414 e. The van der Waals surface area contributed by atoms with E-state index in [1.54, 1.807) is 11.0 Å². The van der Waals surface area contributed by atoms with Gasteiger partial charge < -0.3 is 10.1 Å². The Morgan fingerprint density at radius 1 is 1.28 bits per heavy atom. The van der Waals surface area contributed by atoms with Gasteiger partial charge in [-0.2, -0.15) is 5.10 Å². The maximum Gasteiger partial charge on any atom is 0.414 e. The zero-order valence-corrected chi connectivity index (χ0v) is 17.7. The minimum absolute atomic E-state index is 0.155. The zero-order valence-electron chi connectivity index (χ0n) is 17.7. The topological polar surface area (TPSA) is 87.3 Å². The number of halogens is 1. The zero-order chi connectivity index (χ0) is 22.2. The summed E-state index contributed by atoms with van der Waals surface area (Å²) in [5.74, 6) is -0.440. The second-order valence-corrected chi connectivity index (χ2v) is 8.18. The van der Waals surface area contributed by atoms with Crippen LogP contribution in [0.15, 0.2) is 42.5 Å². The molecular weight excluding hydrogens is 411 g/mol. The Morgan fingerprint density at radius 3 is 2.97 bits per heavy atom. The number of carbonyl (C=O) groups excluding carboxylic acids is 2. The van der Waals surface area contributed by atoms with Crippen LogP contribution in [-0.2, 0) is 22.4 Å². The van der Waals surface area contributed by atoms with Gasteiger partial charge in [0.1, 0.15) is 11.9 Å². The Kier molecular flexibility index (Phi) is 5.13. The van der Waals surface area contributed by atoms with Crippen LogP contribution in [0.1, 0.15) is 24.5 Å². The van der Waals surface area contributed by atoms with Gasteiger partial charge in [-0.05, 0) is 49.1 Å². The average Bonchev–Trinajstić information content (AvgIpc) is 3.31. The van der Waals surface area contributed by atoms with E-state index < -0.39 is 6.09 Å². The van der Waals surface area contributed by atoms with Crippen LogP contribution in [0, 0.1) is 5.82 Å². The van der Waals surface area contributed by atoms with Crippen molar-refractivity contribution in [1.82, 2.24) is 15.5 Å². The molecule has 3 aromatic rings. The number of cyclic esters (lactones) is 1. The van der Waals surface area contributed by atoms with Crippen LogP contribution in [0.4, 0.5) is 14.9 Å². The van der Waals surface area contributed by atoms with Crippen LogP contribution in [0.3, 0.4) is 0 Å². The second-order valence-electron chi connectivity index (χ2n) is 8.18. The summed E-state index contributed by atoms with van der Waals surface area (Å²) in [4.78, 5) is 25.1. The number of hydrogen-bond donors (Lipinski definition) is 2. The molecule has 8 heteroatoms. The molecule has 5 rings (SSSR count). The van der Waals surface area contributed by atoms with E-state index in [2.05, 4.69) is 15.5 Å². The van der Waals surface area contributed by atoms with Crippen molar-refractivity contribution in [3.8, 4) is 22.5 Å². The molecule has 0 bridgehead atoms. The SMILES string of the molecule is CC(=O)NCC1CN(c2ccc3c(c2)CCCc2c(-c4cccc(F)c4)n[nH]c2-3)C(=O)O1. The number of ether oxygens (including phenoxy) is 1. The van der Waals surface area contributed by atoms with Gasteiger partial charge in [-0.25, -0.2) is 9.18 Å². The molecule has 1 fully saturated rings. The third kappa shape index (κ3) is 3.72. The number of nitrogens with one attached hydrogen (secondary N) is 2. The number of benzene rings is 2. The highest BCUT2D eigenvalue weighted by molar-refractivity contribution is 5.91. The van der Waals surface area contributed by atoms with Crippen molar-refractivity contribution in [2.24, 2.45) is 0 Å². The molecule has 2 aromatic carbocycles. The average molecular weight is 434 g/mol. The molecule has 1 unspecified atom stereocenters.